The first-order valence-electron chi connectivity index (χ1n) is 6.36. The highest BCUT2D eigenvalue weighted by Crippen LogP contribution is 2.30. The Morgan fingerprint density at radius 3 is 2.41 bits per heavy atom. The highest BCUT2D eigenvalue weighted by Gasteiger charge is 2.26. The molecular formula is C14H15ClN4O2S. The minimum Gasteiger partial charge on any atom is -0.497 e. The molecule has 6 nitrogen and oxygen atoms in total. The molecule has 0 bridgehead atoms. The molecule has 116 valence electrons. The van der Waals surface area contributed by atoms with Gasteiger partial charge in [0, 0.05) is 23.9 Å². The molecule has 0 aliphatic carbocycles. The van der Waals surface area contributed by atoms with Gasteiger partial charge in [0.15, 0.2) is 0 Å². The summed E-state index contributed by atoms with van der Waals surface area (Å²) >= 11 is 10.4. The monoisotopic (exact) mass is 338 g/mol. The fraction of sp³-hybridized carbons (Fsp3) is 0.286. The highest BCUT2D eigenvalue weighted by molar-refractivity contribution is 7.77. The number of anilines is 1. The Labute approximate surface area is 139 Å². The van der Waals surface area contributed by atoms with Crippen LogP contribution in [0, 0.1) is 11.3 Å². The van der Waals surface area contributed by atoms with Crippen molar-refractivity contribution in [3.8, 4) is 17.6 Å². The van der Waals surface area contributed by atoms with E-state index in [4.69, 9.17) is 21.1 Å². The molecule has 1 aliphatic heterocycles. The third-order valence-electron chi connectivity index (χ3n) is 3.05. The second kappa shape index (κ2) is 6.81. The Morgan fingerprint density at radius 2 is 1.91 bits per heavy atom. The summed E-state index contributed by atoms with van der Waals surface area (Å²) in [5.41, 5.74) is 0.896. The van der Waals surface area contributed by atoms with E-state index in [1.807, 2.05) is 13.0 Å². The Morgan fingerprint density at radius 1 is 1.32 bits per heavy atom. The zero-order valence-electron chi connectivity index (χ0n) is 12.3. The van der Waals surface area contributed by atoms with Gasteiger partial charge in [-0.1, -0.05) is 24.4 Å². The van der Waals surface area contributed by atoms with E-state index >= 15 is 0 Å². The topological polar surface area (TPSA) is 69.9 Å². The quantitative estimate of drug-likeness (QED) is 0.826. The number of benzene rings is 1. The Balaban J connectivity index is 2.44. The number of nitrogens with zero attached hydrogens (tertiary/aromatic N) is 3. The van der Waals surface area contributed by atoms with Crippen LogP contribution in [0.2, 0.25) is 0 Å². The Kier molecular flexibility index (Phi) is 5.06. The summed E-state index contributed by atoms with van der Waals surface area (Å²) in [6.45, 7) is 1.82. The normalized spacial score (nSPS) is 17.7. The van der Waals surface area contributed by atoms with Crippen molar-refractivity contribution < 1.29 is 9.47 Å². The molecule has 22 heavy (non-hydrogen) atoms. The average molecular weight is 339 g/mol. The number of methoxy groups -OCH3 is 2. The van der Waals surface area contributed by atoms with Crippen LogP contribution in [0.5, 0.6) is 11.5 Å². The molecule has 1 atom stereocenters. The highest BCUT2D eigenvalue weighted by atomic mass is 35.5. The molecule has 1 unspecified atom stereocenters. The second-order valence-electron chi connectivity index (χ2n) is 4.46. The van der Waals surface area contributed by atoms with Crippen LogP contribution in [0.4, 0.5) is 5.69 Å². The van der Waals surface area contributed by atoms with Gasteiger partial charge in [-0.15, -0.1) is 0 Å². The van der Waals surface area contributed by atoms with Gasteiger partial charge >= 0.3 is 0 Å². The minimum absolute atomic E-state index is 0.151. The maximum absolute atomic E-state index is 9.29. The van der Waals surface area contributed by atoms with Crippen molar-refractivity contribution in [1.29, 1.82) is 5.26 Å². The number of nitriles is 1. The van der Waals surface area contributed by atoms with Crippen molar-refractivity contribution in [2.45, 2.75) is 13.1 Å². The number of halogens is 1. The molecule has 0 spiro atoms. The summed E-state index contributed by atoms with van der Waals surface area (Å²) in [6.07, 6.45) is -0.303. The van der Waals surface area contributed by atoms with Crippen molar-refractivity contribution in [3.63, 3.8) is 0 Å². The fourth-order valence-corrected chi connectivity index (χ4v) is 2.39. The summed E-state index contributed by atoms with van der Waals surface area (Å²) in [4.78, 5) is 4.14. The van der Waals surface area contributed by atoms with E-state index in [1.54, 1.807) is 32.4 Å². The van der Waals surface area contributed by atoms with Crippen molar-refractivity contribution in [3.05, 3.63) is 29.6 Å². The van der Waals surface area contributed by atoms with Crippen LogP contribution in [0.3, 0.4) is 0 Å². The third kappa shape index (κ3) is 3.24. The van der Waals surface area contributed by atoms with E-state index in [0.29, 0.717) is 23.0 Å². The molecule has 2 rings (SSSR count). The largest absolute Gasteiger partial charge is 0.497 e. The number of nitrogens with one attached hydrogen (secondary N) is 1. The lowest BCUT2D eigenvalue weighted by Crippen LogP contribution is -2.32. The van der Waals surface area contributed by atoms with Gasteiger partial charge in [-0.25, -0.2) is 4.99 Å². The van der Waals surface area contributed by atoms with E-state index in [1.165, 1.54) is 4.31 Å². The minimum atomic E-state index is -0.303. The number of thiol groups is 1. The van der Waals surface area contributed by atoms with Crippen LogP contribution in [0.1, 0.15) is 6.92 Å². The van der Waals surface area contributed by atoms with E-state index < -0.39 is 0 Å². The predicted octanol–water partition coefficient (Wildman–Crippen LogP) is 2.99. The maximum Gasteiger partial charge on any atom is 0.147 e. The predicted molar refractivity (Wildman–Crippen MR) is 89.4 cm³/mol. The zero-order valence-corrected chi connectivity index (χ0v) is 13.9. The summed E-state index contributed by atoms with van der Waals surface area (Å²) in [5, 5.41) is 12.6. The molecular weight excluding hydrogens is 324 g/mol. The molecule has 0 saturated carbocycles. The van der Waals surface area contributed by atoms with Gasteiger partial charge in [-0.05, 0) is 6.92 Å². The van der Waals surface area contributed by atoms with E-state index in [0.717, 1.165) is 0 Å². The van der Waals surface area contributed by atoms with Crippen LogP contribution in [-0.4, -0.2) is 29.9 Å². The van der Waals surface area contributed by atoms with Gasteiger partial charge in [-0.3, -0.25) is 4.31 Å². The van der Waals surface area contributed by atoms with Crippen LogP contribution in [0.15, 0.2) is 34.6 Å². The number of allylic oxidation sites excluding steroid dienone is 1. The third-order valence-corrected chi connectivity index (χ3v) is 3.87. The lowest BCUT2D eigenvalue weighted by Gasteiger charge is -2.30. The molecule has 0 amide bonds. The van der Waals surface area contributed by atoms with Crippen molar-refractivity contribution in [1.82, 2.24) is 4.31 Å². The number of rotatable bonds is 4. The zero-order chi connectivity index (χ0) is 16.3. The molecule has 1 aromatic carbocycles. The van der Waals surface area contributed by atoms with Crippen LogP contribution >= 0.6 is 24.4 Å². The molecule has 0 fully saturated rings. The smallest absolute Gasteiger partial charge is 0.147 e. The van der Waals surface area contributed by atoms with Gasteiger partial charge in [0.2, 0.25) is 0 Å². The van der Waals surface area contributed by atoms with Gasteiger partial charge in [0.05, 0.1) is 14.2 Å². The van der Waals surface area contributed by atoms with Crippen LogP contribution < -0.4 is 14.8 Å². The summed E-state index contributed by atoms with van der Waals surface area (Å²) < 4.78 is 12.0. The molecule has 8 heteroatoms. The molecule has 0 saturated heterocycles. The maximum atomic E-state index is 9.29. The molecule has 1 aromatic rings. The lowest BCUT2D eigenvalue weighted by molar-refractivity contribution is 0.394. The first-order valence-corrected chi connectivity index (χ1v) is 7.14. The summed E-state index contributed by atoms with van der Waals surface area (Å²) in [5.74, 6) is 1.69. The summed E-state index contributed by atoms with van der Waals surface area (Å²) in [7, 11) is 3.13. The molecule has 1 aliphatic rings. The van der Waals surface area contributed by atoms with Crippen LogP contribution in [0.25, 0.3) is 0 Å². The van der Waals surface area contributed by atoms with Crippen LogP contribution in [-0.2, 0) is 0 Å². The van der Waals surface area contributed by atoms with Gasteiger partial charge < -0.3 is 14.8 Å². The van der Waals surface area contributed by atoms with Crippen molar-refractivity contribution in [2.24, 2.45) is 4.99 Å². The first-order chi connectivity index (χ1) is 10.5. The average Bonchev–Trinajstić information content (AvgIpc) is 2.52. The number of aliphatic imine (C=N–C) groups is 1. The standard InChI is InChI=1S/C14H15ClN4O2S/c1-8-17-13(15)12(7-16)14(19(8)22)18-9-4-10(20-2)6-11(5-9)21-3/h4-6,8,18,22H,1-3H3. The van der Waals surface area contributed by atoms with Gasteiger partial charge in [0.1, 0.15) is 40.3 Å². The molecule has 0 aromatic heterocycles. The van der Waals surface area contributed by atoms with Crippen molar-refractivity contribution in [2.75, 3.05) is 19.5 Å². The van der Waals surface area contributed by atoms with Gasteiger partial charge in [-0.2, -0.15) is 5.26 Å². The SMILES string of the molecule is COc1cc(NC2=C(C#N)C(Cl)=NC(C)N2S)cc(OC)c1. The number of hydrogen-bond acceptors (Lipinski definition) is 7. The lowest BCUT2D eigenvalue weighted by atomic mass is 10.2. The Hall–Kier alpha value is -2.04. The number of hydrogen-bond donors (Lipinski definition) is 2. The van der Waals surface area contributed by atoms with Gasteiger partial charge in [0.25, 0.3) is 0 Å². The summed E-state index contributed by atoms with van der Waals surface area (Å²) in [6, 6.07) is 7.33. The van der Waals surface area contributed by atoms with E-state index in [9.17, 15) is 5.26 Å². The van der Waals surface area contributed by atoms with E-state index in [2.05, 4.69) is 23.1 Å². The molecule has 1 N–H and O–H groups in total. The Bertz CT molecular complexity index is 662. The second-order valence-corrected chi connectivity index (χ2v) is 5.25. The molecule has 0 radical (unpaired) electrons. The molecule has 1 heterocycles. The van der Waals surface area contributed by atoms with E-state index in [-0.39, 0.29) is 16.9 Å². The van der Waals surface area contributed by atoms with Crippen molar-refractivity contribution >= 4 is 35.3 Å². The fourth-order valence-electron chi connectivity index (χ4n) is 1.92. The first kappa shape index (κ1) is 16.3. The number of ether oxygens (including phenoxy) is 2.